The van der Waals surface area contributed by atoms with Gasteiger partial charge in [0.05, 0.1) is 5.75 Å². The summed E-state index contributed by atoms with van der Waals surface area (Å²) in [5, 5.41) is 2.88. The van der Waals surface area contributed by atoms with Crippen LogP contribution in [0.2, 0.25) is 0 Å². The molecule has 0 aromatic heterocycles. The third-order valence-corrected chi connectivity index (χ3v) is 4.98. The lowest BCUT2D eigenvalue weighted by Crippen LogP contribution is -2.54. The monoisotopic (exact) mass is 249 g/mol. The third-order valence-electron chi connectivity index (χ3n) is 3.14. The molecule has 1 unspecified atom stereocenters. The van der Waals surface area contributed by atoms with Crippen molar-refractivity contribution in [3.63, 3.8) is 0 Å². The maximum Gasteiger partial charge on any atom is 0.215 e. The van der Waals surface area contributed by atoms with E-state index < -0.39 is 10.0 Å². The molecule has 1 fully saturated rings. The Kier molecular flexibility index (Phi) is 5.17. The molecule has 1 aliphatic rings. The van der Waals surface area contributed by atoms with Gasteiger partial charge in [-0.2, -0.15) is 4.31 Å². The van der Waals surface area contributed by atoms with E-state index in [2.05, 4.69) is 24.1 Å². The number of nitrogens with one attached hydrogen (secondary N) is 1. The first-order valence-corrected chi connectivity index (χ1v) is 7.48. The Morgan fingerprint density at radius 3 is 2.56 bits per heavy atom. The Morgan fingerprint density at radius 2 is 2.06 bits per heavy atom. The molecule has 0 saturated carbocycles. The van der Waals surface area contributed by atoms with Crippen molar-refractivity contribution < 1.29 is 8.42 Å². The first-order valence-electron chi connectivity index (χ1n) is 5.87. The quantitative estimate of drug-likeness (QED) is 0.718. The van der Waals surface area contributed by atoms with Crippen molar-refractivity contribution in [2.75, 3.05) is 45.5 Å². The Labute approximate surface area is 98.8 Å². The van der Waals surface area contributed by atoms with E-state index in [1.165, 1.54) is 0 Å². The number of piperazine rings is 1. The molecule has 6 heteroatoms. The zero-order valence-corrected chi connectivity index (χ0v) is 11.3. The number of rotatable bonds is 5. The van der Waals surface area contributed by atoms with E-state index >= 15 is 0 Å². The van der Waals surface area contributed by atoms with Gasteiger partial charge in [-0.1, -0.05) is 6.92 Å². The van der Waals surface area contributed by atoms with Gasteiger partial charge in [0.1, 0.15) is 0 Å². The highest BCUT2D eigenvalue weighted by Gasteiger charge is 2.29. The largest absolute Gasteiger partial charge is 0.319 e. The summed E-state index contributed by atoms with van der Waals surface area (Å²) < 4.78 is 25.5. The van der Waals surface area contributed by atoms with Crippen molar-refractivity contribution in [3.05, 3.63) is 0 Å². The van der Waals surface area contributed by atoms with E-state index in [-0.39, 0.29) is 5.75 Å². The fourth-order valence-electron chi connectivity index (χ4n) is 2.04. The summed E-state index contributed by atoms with van der Waals surface area (Å²) in [6.45, 7) is 7.81. The van der Waals surface area contributed by atoms with Crippen LogP contribution < -0.4 is 5.32 Å². The zero-order chi connectivity index (χ0) is 12.2. The van der Waals surface area contributed by atoms with Crippen LogP contribution in [-0.2, 0) is 10.0 Å². The third kappa shape index (κ3) is 3.41. The van der Waals surface area contributed by atoms with E-state index in [9.17, 15) is 8.42 Å². The number of hydrogen-bond donors (Lipinski definition) is 1. The normalized spacial score (nSPS) is 24.8. The van der Waals surface area contributed by atoms with Crippen LogP contribution in [0.25, 0.3) is 0 Å². The maximum absolute atomic E-state index is 12.0. The summed E-state index contributed by atoms with van der Waals surface area (Å²) in [6, 6.07) is 0.322. The van der Waals surface area contributed by atoms with Gasteiger partial charge in [-0.25, -0.2) is 8.42 Å². The average Bonchev–Trinajstić information content (AvgIpc) is 2.26. The number of hydrogen-bond acceptors (Lipinski definition) is 4. The molecule has 0 aromatic rings. The molecule has 5 nitrogen and oxygen atoms in total. The van der Waals surface area contributed by atoms with Crippen LogP contribution in [0.3, 0.4) is 0 Å². The molecule has 1 heterocycles. The Balaban J connectivity index is 2.56. The smallest absolute Gasteiger partial charge is 0.215 e. The van der Waals surface area contributed by atoms with Crippen LogP contribution in [0, 0.1) is 0 Å². The lowest BCUT2D eigenvalue weighted by atomic mass is 10.2. The van der Waals surface area contributed by atoms with Gasteiger partial charge < -0.3 is 5.32 Å². The molecule has 0 radical (unpaired) electrons. The van der Waals surface area contributed by atoms with Gasteiger partial charge in [0.2, 0.25) is 10.0 Å². The fourth-order valence-corrected chi connectivity index (χ4v) is 3.57. The van der Waals surface area contributed by atoms with Gasteiger partial charge in [0.25, 0.3) is 0 Å². The van der Waals surface area contributed by atoms with Gasteiger partial charge in [-0.3, -0.25) is 4.90 Å². The van der Waals surface area contributed by atoms with Gasteiger partial charge in [-0.05, 0) is 20.5 Å². The minimum atomic E-state index is -3.07. The molecule has 1 saturated heterocycles. The van der Waals surface area contributed by atoms with Crippen molar-refractivity contribution in [2.45, 2.75) is 19.9 Å². The highest BCUT2D eigenvalue weighted by atomic mass is 32.2. The lowest BCUT2D eigenvalue weighted by Gasteiger charge is -2.38. The standard InChI is InChI=1S/C10H23N3O2S/c1-4-12-6-7-13(9-10(12)2)16(14,15)8-5-11-3/h10-11H,4-9H2,1-3H3. The summed E-state index contributed by atoms with van der Waals surface area (Å²) in [7, 11) is -1.29. The molecule has 0 amide bonds. The molecule has 96 valence electrons. The van der Waals surface area contributed by atoms with E-state index in [1.54, 1.807) is 11.4 Å². The Hall–Kier alpha value is -0.170. The first kappa shape index (κ1) is 13.9. The molecular weight excluding hydrogens is 226 g/mol. The van der Waals surface area contributed by atoms with Crippen LogP contribution in [-0.4, -0.2) is 69.2 Å². The number of likely N-dealkylation sites (N-methyl/N-ethyl adjacent to an activating group) is 1. The van der Waals surface area contributed by atoms with Crippen molar-refractivity contribution in [2.24, 2.45) is 0 Å². The highest BCUT2D eigenvalue weighted by molar-refractivity contribution is 7.89. The Bertz CT molecular complexity index is 305. The topological polar surface area (TPSA) is 52.7 Å². The summed E-state index contributed by atoms with van der Waals surface area (Å²) in [6.07, 6.45) is 0. The van der Waals surface area contributed by atoms with E-state index in [0.29, 0.717) is 25.7 Å². The predicted molar refractivity (Wildman–Crippen MR) is 66.0 cm³/mol. The summed E-state index contributed by atoms with van der Waals surface area (Å²) in [5.74, 6) is 0.197. The van der Waals surface area contributed by atoms with Gasteiger partial charge in [0, 0.05) is 32.2 Å². The molecule has 1 aliphatic heterocycles. The highest BCUT2D eigenvalue weighted by Crippen LogP contribution is 2.12. The van der Waals surface area contributed by atoms with Crippen molar-refractivity contribution in [1.29, 1.82) is 0 Å². The molecular formula is C10H23N3O2S. The summed E-state index contributed by atoms with van der Waals surface area (Å²) in [4.78, 5) is 2.31. The summed E-state index contributed by atoms with van der Waals surface area (Å²) in [5.41, 5.74) is 0. The van der Waals surface area contributed by atoms with Crippen LogP contribution in [0.5, 0.6) is 0 Å². The van der Waals surface area contributed by atoms with Crippen LogP contribution >= 0.6 is 0 Å². The maximum atomic E-state index is 12.0. The van der Waals surface area contributed by atoms with E-state index in [1.807, 2.05) is 0 Å². The van der Waals surface area contributed by atoms with Crippen LogP contribution in [0.15, 0.2) is 0 Å². The summed E-state index contributed by atoms with van der Waals surface area (Å²) >= 11 is 0. The number of nitrogens with zero attached hydrogens (tertiary/aromatic N) is 2. The molecule has 0 bridgehead atoms. The van der Waals surface area contributed by atoms with Crippen molar-refractivity contribution in [3.8, 4) is 0 Å². The zero-order valence-electron chi connectivity index (χ0n) is 10.4. The van der Waals surface area contributed by atoms with Gasteiger partial charge >= 0.3 is 0 Å². The van der Waals surface area contributed by atoms with Crippen molar-refractivity contribution in [1.82, 2.24) is 14.5 Å². The van der Waals surface area contributed by atoms with Crippen LogP contribution in [0.1, 0.15) is 13.8 Å². The minimum Gasteiger partial charge on any atom is -0.319 e. The van der Waals surface area contributed by atoms with E-state index in [0.717, 1.165) is 13.1 Å². The molecule has 1 N–H and O–H groups in total. The average molecular weight is 249 g/mol. The number of sulfonamides is 1. The van der Waals surface area contributed by atoms with Gasteiger partial charge in [0.15, 0.2) is 0 Å². The fraction of sp³-hybridized carbons (Fsp3) is 1.00. The molecule has 0 spiro atoms. The molecule has 1 rings (SSSR count). The molecule has 0 aromatic carbocycles. The Morgan fingerprint density at radius 1 is 1.38 bits per heavy atom. The SMILES string of the molecule is CCN1CCN(S(=O)(=O)CCNC)CC1C. The molecule has 1 atom stereocenters. The van der Waals surface area contributed by atoms with Crippen LogP contribution in [0.4, 0.5) is 0 Å². The first-order chi connectivity index (χ1) is 7.51. The van der Waals surface area contributed by atoms with E-state index in [4.69, 9.17) is 0 Å². The predicted octanol–water partition coefficient (Wildman–Crippen LogP) is -0.438. The second-order valence-corrected chi connectivity index (χ2v) is 6.34. The molecule has 16 heavy (non-hydrogen) atoms. The minimum absolute atomic E-state index is 0.197. The second kappa shape index (κ2) is 5.95. The molecule has 0 aliphatic carbocycles. The van der Waals surface area contributed by atoms with Gasteiger partial charge in [-0.15, -0.1) is 0 Å². The second-order valence-electron chi connectivity index (χ2n) is 4.26. The van der Waals surface area contributed by atoms with Crippen molar-refractivity contribution >= 4 is 10.0 Å². The lowest BCUT2D eigenvalue weighted by molar-refractivity contribution is 0.136.